The van der Waals surface area contributed by atoms with E-state index in [9.17, 15) is 9.46 Å². The molecule has 6 N–H and O–H groups in total. The molecule has 0 aliphatic heterocycles. The zero-order valence-corrected chi connectivity index (χ0v) is 28.5. The first kappa shape index (κ1) is 38.2. The molecule has 0 saturated heterocycles. The van der Waals surface area contributed by atoms with Crippen LogP contribution in [-0.2, 0) is 20.4 Å². The molecule has 1 unspecified atom stereocenters. The Morgan fingerprint density at radius 1 is 0.929 bits per heavy atom. The summed E-state index contributed by atoms with van der Waals surface area (Å²) < 4.78 is 25.0. The third-order valence-corrected chi connectivity index (χ3v) is 8.85. The van der Waals surface area contributed by atoms with E-state index < -0.39 is 15.7 Å². The molecule has 0 aliphatic rings. The average molecular weight is 625 g/mol. The van der Waals surface area contributed by atoms with E-state index in [4.69, 9.17) is 15.0 Å². The number of nitrogens with zero attached hydrogens (tertiary/aromatic N) is 4. The molecule has 240 valence electrons. The highest BCUT2D eigenvalue weighted by molar-refractivity contribution is 7.52. The SMILES string of the molecule is C[C@H](Cn1cnc2c(N)ncnc21)OCP(=O)(O)OCCCCCCCCCCCCCCCCC#C[Si](C)(C)C.N. The van der Waals surface area contributed by atoms with Crippen molar-refractivity contribution in [2.45, 2.75) is 136 Å². The lowest BCUT2D eigenvalue weighted by Gasteiger charge is -2.17. The first-order valence-electron chi connectivity index (χ1n) is 15.6. The van der Waals surface area contributed by atoms with Gasteiger partial charge in [0.25, 0.3) is 0 Å². The number of unbranched alkanes of at least 4 members (excludes halogenated alkanes) is 14. The minimum Gasteiger partial charge on any atom is -0.382 e. The lowest BCUT2D eigenvalue weighted by molar-refractivity contribution is 0.0715. The predicted octanol–water partition coefficient (Wildman–Crippen LogP) is 7.87. The second kappa shape index (κ2) is 21.0. The summed E-state index contributed by atoms with van der Waals surface area (Å²) in [6.45, 7) is 9.43. The maximum Gasteiger partial charge on any atom is 0.353 e. The smallest absolute Gasteiger partial charge is 0.353 e. The fourth-order valence-electron chi connectivity index (χ4n) is 4.59. The Labute approximate surface area is 255 Å². The van der Waals surface area contributed by atoms with Gasteiger partial charge in [-0.1, -0.05) is 96.7 Å². The molecule has 10 nitrogen and oxygen atoms in total. The van der Waals surface area contributed by atoms with E-state index in [1.165, 1.54) is 77.0 Å². The maximum atomic E-state index is 12.3. The van der Waals surface area contributed by atoms with Crippen molar-refractivity contribution in [3.05, 3.63) is 12.7 Å². The number of aromatic nitrogens is 4. The number of anilines is 1. The fraction of sp³-hybridized carbons (Fsp3) is 0.767. The van der Waals surface area contributed by atoms with Crippen molar-refractivity contribution in [1.29, 1.82) is 0 Å². The van der Waals surface area contributed by atoms with E-state index in [1.807, 2.05) is 6.92 Å². The quantitative estimate of drug-likeness (QED) is 0.0512. The van der Waals surface area contributed by atoms with Crippen LogP contribution in [0.5, 0.6) is 0 Å². The first-order chi connectivity index (χ1) is 19.6. The van der Waals surface area contributed by atoms with Crippen LogP contribution in [0.25, 0.3) is 11.2 Å². The highest BCUT2D eigenvalue weighted by atomic mass is 31.2. The lowest BCUT2D eigenvalue weighted by atomic mass is 10.0. The number of ether oxygens (including phenoxy) is 1. The summed E-state index contributed by atoms with van der Waals surface area (Å²) in [5.41, 5.74) is 10.4. The molecule has 2 rings (SSSR count). The third kappa shape index (κ3) is 17.3. The molecular formula is C30H57N6O4PSi. The second-order valence-corrected chi connectivity index (χ2v) is 18.7. The normalized spacial score (nSPS) is 13.7. The zero-order valence-electron chi connectivity index (χ0n) is 26.7. The van der Waals surface area contributed by atoms with Crippen molar-refractivity contribution in [2.24, 2.45) is 0 Å². The van der Waals surface area contributed by atoms with Gasteiger partial charge in [0.2, 0.25) is 0 Å². The molecule has 0 fully saturated rings. The molecule has 2 aromatic rings. The standard InChI is InChI=1S/C30H54N5O4PSi.H3N/c1-27(23-35-25-34-28-29(31)32-24-33-30(28)35)38-26-40(36,37)39-21-19-17-15-13-11-9-7-5-6-8-10-12-14-16-18-20-22-41(2,3)4;/h24-25,27H,5-19,21,23,26H2,1-4H3,(H,36,37)(H2,31,32,33);1H3/t27-;/m1./s1. The molecular weight excluding hydrogens is 567 g/mol. The van der Waals surface area contributed by atoms with Crippen LogP contribution in [-0.4, -0.2) is 51.5 Å². The van der Waals surface area contributed by atoms with E-state index >= 15 is 0 Å². The maximum absolute atomic E-state index is 12.3. The number of imidazole rings is 1. The Morgan fingerprint density at radius 2 is 1.48 bits per heavy atom. The summed E-state index contributed by atoms with van der Waals surface area (Å²) in [4.78, 5) is 22.5. The molecule has 2 heterocycles. The van der Waals surface area contributed by atoms with Crippen LogP contribution in [0, 0.1) is 11.5 Å². The number of hydrogen-bond donors (Lipinski definition) is 3. The van der Waals surface area contributed by atoms with Crippen molar-refractivity contribution in [2.75, 3.05) is 18.7 Å². The average Bonchev–Trinajstić information content (AvgIpc) is 3.32. The molecule has 0 bridgehead atoms. The zero-order chi connectivity index (χ0) is 30.0. The number of fused-ring (bicyclic) bond motifs is 1. The molecule has 42 heavy (non-hydrogen) atoms. The molecule has 0 aliphatic carbocycles. The van der Waals surface area contributed by atoms with Crippen molar-refractivity contribution < 1.29 is 18.7 Å². The van der Waals surface area contributed by atoms with Crippen molar-refractivity contribution in [3.63, 3.8) is 0 Å². The topological polar surface area (TPSA) is 160 Å². The van der Waals surface area contributed by atoms with Gasteiger partial charge in [-0.2, -0.15) is 0 Å². The Balaban J connectivity index is 0.00000882. The highest BCUT2D eigenvalue weighted by Gasteiger charge is 2.21. The van der Waals surface area contributed by atoms with Crippen LogP contribution in [0.1, 0.15) is 103 Å². The number of rotatable bonds is 22. The first-order valence-corrected chi connectivity index (χ1v) is 20.8. The van der Waals surface area contributed by atoms with Crippen LogP contribution >= 0.6 is 7.60 Å². The molecule has 12 heteroatoms. The number of hydrogen-bond acceptors (Lipinski definition) is 8. The number of nitrogens with two attached hydrogens (primary N) is 1. The summed E-state index contributed by atoms with van der Waals surface area (Å²) in [6, 6.07) is 0. The summed E-state index contributed by atoms with van der Waals surface area (Å²) in [5, 5.41) is 0. The Hall–Kier alpha value is -1.80. The van der Waals surface area contributed by atoms with Crippen LogP contribution in [0.4, 0.5) is 5.82 Å². The molecule has 0 spiro atoms. The summed E-state index contributed by atoms with van der Waals surface area (Å²) >= 11 is 0. The summed E-state index contributed by atoms with van der Waals surface area (Å²) in [7, 11) is -4.97. The predicted molar refractivity (Wildman–Crippen MR) is 176 cm³/mol. The minimum absolute atomic E-state index is 0. The Kier molecular flexibility index (Phi) is 19.1. The molecule has 2 atom stereocenters. The van der Waals surface area contributed by atoms with Gasteiger partial charge in [-0.25, -0.2) is 15.0 Å². The van der Waals surface area contributed by atoms with Gasteiger partial charge in [0.05, 0.1) is 25.6 Å². The van der Waals surface area contributed by atoms with Crippen LogP contribution < -0.4 is 11.9 Å². The van der Waals surface area contributed by atoms with E-state index in [1.54, 1.807) is 10.9 Å². The van der Waals surface area contributed by atoms with Gasteiger partial charge in [0.1, 0.15) is 26.3 Å². The Bertz CT molecular complexity index is 1110. The van der Waals surface area contributed by atoms with Gasteiger partial charge in [0.15, 0.2) is 11.5 Å². The highest BCUT2D eigenvalue weighted by Crippen LogP contribution is 2.42. The van der Waals surface area contributed by atoms with Crippen LogP contribution in [0.15, 0.2) is 12.7 Å². The molecule has 0 aromatic carbocycles. The van der Waals surface area contributed by atoms with Crippen molar-refractivity contribution in [1.82, 2.24) is 25.7 Å². The largest absolute Gasteiger partial charge is 0.382 e. The molecule has 0 radical (unpaired) electrons. The van der Waals surface area contributed by atoms with Crippen LogP contribution in [0.3, 0.4) is 0 Å². The monoisotopic (exact) mass is 624 g/mol. The molecule has 0 saturated carbocycles. The minimum atomic E-state index is -3.79. The van der Waals surface area contributed by atoms with Gasteiger partial charge in [-0.05, 0) is 19.8 Å². The molecule has 2 aromatic heterocycles. The van der Waals surface area contributed by atoms with Crippen molar-refractivity contribution >= 4 is 32.7 Å². The lowest BCUT2D eigenvalue weighted by Crippen LogP contribution is -2.17. The van der Waals surface area contributed by atoms with E-state index in [0.717, 1.165) is 25.7 Å². The van der Waals surface area contributed by atoms with Gasteiger partial charge in [0, 0.05) is 6.42 Å². The van der Waals surface area contributed by atoms with Gasteiger partial charge < -0.3 is 30.6 Å². The van der Waals surface area contributed by atoms with Crippen molar-refractivity contribution in [3.8, 4) is 11.5 Å². The summed E-state index contributed by atoms with van der Waals surface area (Å²) in [6.07, 6.45) is 20.9. The fourth-order valence-corrected chi connectivity index (χ4v) is 6.18. The second-order valence-electron chi connectivity index (χ2n) is 12.2. The Morgan fingerprint density at radius 3 is 2.05 bits per heavy atom. The van der Waals surface area contributed by atoms with Gasteiger partial charge in [-0.3, -0.25) is 4.57 Å². The van der Waals surface area contributed by atoms with Gasteiger partial charge >= 0.3 is 7.60 Å². The van der Waals surface area contributed by atoms with E-state index in [2.05, 4.69) is 46.1 Å². The summed E-state index contributed by atoms with van der Waals surface area (Å²) in [5.74, 6) is 3.69. The van der Waals surface area contributed by atoms with Gasteiger partial charge in [-0.15, -0.1) is 11.5 Å². The third-order valence-electron chi connectivity index (χ3n) is 6.86. The van der Waals surface area contributed by atoms with Crippen LogP contribution in [0.2, 0.25) is 19.6 Å². The van der Waals surface area contributed by atoms with E-state index in [-0.39, 0.29) is 25.2 Å². The molecule has 0 amide bonds. The number of nitrogen functional groups attached to an aromatic ring is 1. The van der Waals surface area contributed by atoms with E-state index in [0.29, 0.717) is 23.5 Å².